The summed E-state index contributed by atoms with van der Waals surface area (Å²) in [5, 5.41) is 3.21. The molecule has 2 aromatic rings. The van der Waals surface area contributed by atoms with Crippen LogP contribution in [0.3, 0.4) is 0 Å². The smallest absolute Gasteiger partial charge is 0.141 e. The summed E-state index contributed by atoms with van der Waals surface area (Å²) in [6, 6.07) is 5.45. The molecule has 2 heterocycles. The number of nitrogens with zero attached hydrogens (tertiary/aromatic N) is 3. The first-order chi connectivity index (χ1) is 9.70. The quantitative estimate of drug-likeness (QED) is 0.878. The van der Waals surface area contributed by atoms with E-state index in [1.807, 2.05) is 37.2 Å². The van der Waals surface area contributed by atoms with Crippen molar-refractivity contribution in [2.45, 2.75) is 20.0 Å². The maximum atomic E-state index is 13.3. The monoisotopic (exact) mass is 274 g/mol. The van der Waals surface area contributed by atoms with Gasteiger partial charge < -0.3 is 10.2 Å². The number of aromatic nitrogens is 2. The van der Waals surface area contributed by atoms with Crippen LogP contribution < -0.4 is 10.2 Å². The van der Waals surface area contributed by atoms with Crippen molar-refractivity contribution in [2.24, 2.45) is 0 Å². The van der Waals surface area contributed by atoms with E-state index in [4.69, 9.17) is 0 Å². The van der Waals surface area contributed by atoms with Gasteiger partial charge in [-0.2, -0.15) is 0 Å². The molecule has 5 heteroatoms. The molecule has 0 aliphatic heterocycles. The molecule has 0 spiro atoms. The first kappa shape index (κ1) is 14.4. The molecule has 2 aromatic heterocycles. The third kappa shape index (κ3) is 3.74. The normalized spacial score (nSPS) is 10.6. The predicted octanol–water partition coefficient (Wildman–Crippen LogP) is 2.36. The molecule has 106 valence electrons. The first-order valence-corrected chi connectivity index (χ1v) is 6.66. The number of hydrogen-bond acceptors (Lipinski definition) is 4. The second-order valence-corrected chi connectivity index (χ2v) is 4.63. The van der Waals surface area contributed by atoms with Gasteiger partial charge in [-0.1, -0.05) is 13.0 Å². The van der Waals surface area contributed by atoms with Gasteiger partial charge in [0, 0.05) is 38.1 Å². The van der Waals surface area contributed by atoms with Crippen molar-refractivity contribution in [3.05, 3.63) is 53.7 Å². The van der Waals surface area contributed by atoms with Gasteiger partial charge in [-0.25, -0.2) is 9.37 Å². The minimum absolute atomic E-state index is 0.309. The van der Waals surface area contributed by atoms with Crippen LogP contribution in [0.5, 0.6) is 0 Å². The number of rotatable bonds is 6. The lowest BCUT2D eigenvalue weighted by molar-refractivity contribution is 0.613. The Morgan fingerprint density at radius 2 is 2.20 bits per heavy atom. The summed E-state index contributed by atoms with van der Waals surface area (Å²) < 4.78 is 13.3. The van der Waals surface area contributed by atoms with Gasteiger partial charge in [0.15, 0.2) is 0 Å². The molecule has 0 aliphatic rings. The molecule has 0 radical (unpaired) electrons. The fourth-order valence-corrected chi connectivity index (χ4v) is 2.05. The fourth-order valence-electron chi connectivity index (χ4n) is 2.05. The lowest BCUT2D eigenvalue weighted by Gasteiger charge is -2.21. The molecular weight excluding hydrogens is 255 g/mol. The average molecular weight is 274 g/mol. The number of nitrogens with one attached hydrogen (secondary N) is 1. The number of halogens is 1. The Balaban J connectivity index is 2.18. The summed E-state index contributed by atoms with van der Waals surface area (Å²) in [7, 11) is 1.95. The highest BCUT2D eigenvalue weighted by Crippen LogP contribution is 2.19. The molecule has 0 amide bonds. The van der Waals surface area contributed by atoms with E-state index < -0.39 is 0 Å². The van der Waals surface area contributed by atoms with Gasteiger partial charge in [0.2, 0.25) is 0 Å². The molecule has 0 bridgehead atoms. The Bertz CT molecular complexity index is 545. The minimum atomic E-state index is -0.309. The molecule has 1 N–H and O–H groups in total. The Kier molecular flexibility index (Phi) is 5.01. The maximum Gasteiger partial charge on any atom is 0.141 e. The van der Waals surface area contributed by atoms with E-state index in [9.17, 15) is 4.39 Å². The average Bonchev–Trinajstić information content (AvgIpc) is 2.46. The number of anilines is 1. The molecule has 0 aliphatic carbocycles. The van der Waals surface area contributed by atoms with Gasteiger partial charge in [0.1, 0.15) is 11.6 Å². The highest BCUT2D eigenvalue weighted by atomic mass is 19.1. The van der Waals surface area contributed by atoms with Crippen molar-refractivity contribution in [3.63, 3.8) is 0 Å². The Morgan fingerprint density at radius 3 is 2.90 bits per heavy atom. The maximum absolute atomic E-state index is 13.3. The second kappa shape index (κ2) is 6.96. The van der Waals surface area contributed by atoms with Gasteiger partial charge in [0.05, 0.1) is 6.20 Å². The van der Waals surface area contributed by atoms with E-state index >= 15 is 0 Å². The highest BCUT2D eigenvalue weighted by molar-refractivity contribution is 5.46. The molecule has 20 heavy (non-hydrogen) atoms. The van der Waals surface area contributed by atoms with E-state index in [1.54, 1.807) is 6.20 Å². The van der Waals surface area contributed by atoms with Crippen LogP contribution in [0, 0.1) is 5.82 Å². The van der Waals surface area contributed by atoms with Crippen LogP contribution in [-0.4, -0.2) is 23.6 Å². The summed E-state index contributed by atoms with van der Waals surface area (Å²) in [4.78, 5) is 10.3. The molecule has 0 unspecified atom stereocenters. The lowest BCUT2D eigenvalue weighted by atomic mass is 10.2. The van der Waals surface area contributed by atoms with Crippen LogP contribution in [-0.2, 0) is 13.1 Å². The van der Waals surface area contributed by atoms with Crippen molar-refractivity contribution >= 4 is 5.82 Å². The molecule has 0 saturated heterocycles. The third-order valence-corrected chi connectivity index (χ3v) is 2.98. The highest BCUT2D eigenvalue weighted by Gasteiger charge is 2.10. The van der Waals surface area contributed by atoms with E-state index in [0.717, 1.165) is 23.5 Å². The first-order valence-electron chi connectivity index (χ1n) is 6.66. The Labute approximate surface area is 118 Å². The van der Waals surface area contributed by atoms with Crippen LogP contribution >= 0.6 is 0 Å². The zero-order valence-corrected chi connectivity index (χ0v) is 11.8. The Morgan fingerprint density at radius 1 is 1.35 bits per heavy atom. The third-order valence-electron chi connectivity index (χ3n) is 2.98. The zero-order chi connectivity index (χ0) is 14.4. The molecular formula is C15H19FN4. The van der Waals surface area contributed by atoms with E-state index in [2.05, 4.69) is 15.3 Å². The van der Waals surface area contributed by atoms with E-state index in [0.29, 0.717) is 13.1 Å². The Hall–Kier alpha value is -2.01. The van der Waals surface area contributed by atoms with Crippen LogP contribution in [0.2, 0.25) is 0 Å². The molecule has 0 saturated carbocycles. The van der Waals surface area contributed by atoms with Crippen LogP contribution in [0.15, 0.2) is 36.8 Å². The standard InChI is InChI=1S/C15H19FN4/c1-3-17-9-13-7-14(16)10-19-15(13)20(2)11-12-5-4-6-18-8-12/h4-8,10,17H,3,9,11H2,1-2H3. The van der Waals surface area contributed by atoms with E-state index in [-0.39, 0.29) is 5.82 Å². The fraction of sp³-hybridized carbons (Fsp3) is 0.333. The molecule has 2 rings (SSSR count). The van der Waals surface area contributed by atoms with Gasteiger partial charge in [-0.15, -0.1) is 0 Å². The predicted molar refractivity (Wildman–Crippen MR) is 77.9 cm³/mol. The SMILES string of the molecule is CCNCc1cc(F)cnc1N(C)Cc1cccnc1. The van der Waals surface area contributed by atoms with Crippen molar-refractivity contribution in [1.29, 1.82) is 0 Å². The van der Waals surface area contributed by atoms with E-state index in [1.165, 1.54) is 12.3 Å². The van der Waals surface area contributed by atoms with Crippen molar-refractivity contribution in [3.8, 4) is 0 Å². The summed E-state index contributed by atoms with van der Waals surface area (Å²) in [5.41, 5.74) is 1.95. The lowest BCUT2D eigenvalue weighted by Crippen LogP contribution is -2.22. The topological polar surface area (TPSA) is 41.1 Å². The summed E-state index contributed by atoms with van der Waals surface area (Å²) in [6.45, 7) is 4.15. The molecule has 0 fully saturated rings. The van der Waals surface area contributed by atoms with Crippen molar-refractivity contribution in [2.75, 3.05) is 18.5 Å². The number of hydrogen-bond donors (Lipinski definition) is 1. The van der Waals surface area contributed by atoms with Crippen LogP contribution in [0.4, 0.5) is 10.2 Å². The van der Waals surface area contributed by atoms with Gasteiger partial charge in [-0.3, -0.25) is 4.98 Å². The number of pyridine rings is 2. The molecule has 0 atom stereocenters. The van der Waals surface area contributed by atoms with Gasteiger partial charge in [-0.05, 0) is 24.2 Å². The van der Waals surface area contributed by atoms with Crippen LogP contribution in [0.25, 0.3) is 0 Å². The molecule has 0 aromatic carbocycles. The van der Waals surface area contributed by atoms with Crippen molar-refractivity contribution in [1.82, 2.24) is 15.3 Å². The largest absolute Gasteiger partial charge is 0.355 e. The zero-order valence-electron chi connectivity index (χ0n) is 11.8. The summed E-state index contributed by atoms with van der Waals surface area (Å²) in [6.07, 6.45) is 4.82. The van der Waals surface area contributed by atoms with Crippen LogP contribution in [0.1, 0.15) is 18.1 Å². The minimum Gasteiger partial charge on any atom is -0.355 e. The van der Waals surface area contributed by atoms with Gasteiger partial charge in [0.25, 0.3) is 0 Å². The van der Waals surface area contributed by atoms with Gasteiger partial charge >= 0.3 is 0 Å². The molecule has 4 nitrogen and oxygen atoms in total. The summed E-state index contributed by atoms with van der Waals surface area (Å²) in [5.74, 6) is 0.479. The second-order valence-electron chi connectivity index (χ2n) is 4.63. The summed E-state index contributed by atoms with van der Waals surface area (Å²) >= 11 is 0. The van der Waals surface area contributed by atoms with Crippen molar-refractivity contribution < 1.29 is 4.39 Å².